The van der Waals surface area contributed by atoms with E-state index in [0.717, 1.165) is 49.6 Å². The predicted octanol–water partition coefficient (Wildman–Crippen LogP) is 1.65. The van der Waals surface area contributed by atoms with Crippen molar-refractivity contribution in [2.24, 2.45) is 7.05 Å². The minimum absolute atomic E-state index is 0.781. The number of aromatic nitrogens is 4. The third-order valence-corrected chi connectivity index (χ3v) is 3.06. The van der Waals surface area contributed by atoms with Gasteiger partial charge in [0.1, 0.15) is 5.82 Å². The Morgan fingerprint density at radius 2 is 2.26 bits per heavy atom. The van der Waals surface area contributed by atoms with Crippen molar-refractivity contribution in [3.63, 3.8) is 0 Å². The highest BCUT2D eigenvalue weighted by Gasteiger charge is 2.11. The van der Waals surface area contributed by atoms with E-state index in [-0.39, 0.29) is 0 Å². The highest BCUT2D eigenvalue weighted by Crippen LogP contribution is 2.22. The summed E-state index contributed by atoms with van der Waals surface area (Å²) in [5.41, 5.74) is 7.87. The van der Waals surface area contributed by atoms with E-state index < -0.39 is 0 Å². The molecular formula is C13H22N6. The molecule has 0 saturated carbocycles. The van der Waals surface area contributed by atoms with Crippen LogP contribution in [0.1, 0.15) is 25.5 Å². The Labute approximate surface area is 113 Å². The summed E-state index contributed by atoms with van der Waals surface area (Å²) in [6, 6.07) is 1.93. The Kier molecular flexibility index (Phi) is 4.43. The molecule has 6 heteroatoms. The van der Waals surface area contributed by atoms with E-state index >= 15 is 0 Å². The maximum absolute atomic E-state index is 6.10. The average Bonchev–Trinajstić information content (AvgIpc) is 2.98. The molecule has 2 heterocycles. The lowest BCUT2D eigenvalue weighted by molar-refractivity contribution is 0.590. The van der Waals surface area contributed by atoms with E-state index in [9.17, 15) is 0 Å². The fourth-order valence-electron chi connectivity index (χ4n) is 2.11. The van der Waals surface area contributed by atoms with Gasteiger partial charge in [-0.3, -0.25) is 9.36 Å². The molecule has 0 aliphatic carbocycles. The summed E-state index contributed by atoms with van der Waals surface area (Å²) in [5, 5.41) is 12.0. The minimum atomic E-state index is 0.781. The van der Waals surface area contributed by atoms with Crippen LogP contribution in [0.5, 0.6) is 0 Å². The van der Waals surface area contributed by atoms with Crippen LogP contribution in [0.3, 0.4) is 0 Å². The van der Waals surface area contributed by atoms with Gasteiger partial charge in [-0.1, -0.05) is 13.3 Å². The number of hydrogen-bond donors (Lipinski definition) is 2. The monoisotopic (exact) mass is 262 g/mol. The molecular weight excluding hydrogens is 240 g/mol. The largest absolute Gasteiger partial charge is 0.394 e. The van der Waals surface area contributed by atoms with Crippen LogP contribution in [0.4, 0.5) is 11.5 Å². The molecule has 0 saturated heterocycles. The van der Waals surface area contributed by atoms with E-state index in [1.807, 2.05) is 28.7 Å². The zero-order valence-electron chi connectivity index (χ0n) is 11.6. The molecule has 2 aromatic heterocycles. The first-order chi connectivity index (χ1) is 9.22. The van der Waals surface area contributed by atoms with Crippen molar-refractivity contribution in [1.29, 1.82) is 0 Å². The van der Waals surface area contributed by atoms with Gasteiger partial charge in [0.25, 0.3) is 0 Å². The fraction of sp³-hybridized carbons (Fsp3) is 0.538. The van der Waals surface area contributed by atoms with Gasteiger partial charge in [0.05, 0.1) is 11.4 Å². The molecule has 0 fully saturated rings. The molecule has 0 unspecified atom stereocenters. The molecule has 104 valence electrons. The Hall–Kier alpha value is -1.98. The molecule has 3 N–H and O–H groups in total. The summed E-state index contributed by atoms with van der Waals surface area (Å²) in [5.74, 6) is 0.920. The number of aryl methyl sites for hydroxylation is 3. The average molecular weight is 262 g/mol. The van der Waals surface area contributed by atoms with Gasteiger partial charge < -0.3 is 11.1 Å². The maximum atomic E-state index is 6.10. The van der Waals surface area contributed by atoms with Crippen LogP contribution in [0.25, 0.3) is 0 Å². The molecule has 0 atom stereocenters. The van der Waals surface area contributed by atoms with Gasteiger partial charge in [-0.25, -0.2) is 0 Å². The standard InChI is InChI=1S/C13H22N6/c1-3-6-11-12(14)13(18(2)17-11)15-7-4-9-19-10-5-8-16-19/h5,8,10,15H,3-4,6-7,9,14H2,1-2H3. The molecule has 19 heavy (non-hydrogen) atoms. The van der Waals surface area contributed by atoms with Gasteiger partial charge >= 0.3 is 0 Å². The van der Waals surface area contributed by atoms with Crippen LogP contribution in [-0.4, -0.2) is 26.1 Å². The van der Waals surface area contributed by atoms with Crippen molar-refractivity contribution in [3.8, 4) is 0 Å². The van der Waals surface area contributed by atoms with E-state index in [1.165, 1.54) is 0 Å². The number of nitrogen functional groups attached to an aromatic ring is 1. The zero-order chi connectivity index (χ0) is 13.7. The molecule has 0 aliphatic heterocycles. The van der Waals surface area contributed by atoms with Gasteiger partial charge in [0.15, 0.2) is 0 Å². The molecule has 2 rings (SSSR count). The number of anilines is 2. The Bertz CT molecular complexity index is 499. The Morgan fingerprint density at radius 3 is 2.95 bits per heavy atom. The first-order valence-corrected chi connectivity index (χ1v) is 6.75. The molecule has 0 spiro atoms. The third-order valence-electron chi connectivity index (χ3n) is 3.06. The normalized spacial score (nSPS) is 10.8. The van der Waals surface area contributed by atoms with Crippen molar-refractivity contribution >= 4 is 11.5 Å². The van der Waals surface area contributed by atoms with Crippen LogP contribution < -0.4 is 11.1 Å². The van der Waals surface area contributed by atoms with Crippen LogP contribution in [0.2, 0.25) is 0 Å². The lowest BCUT2D eigenvalue weighted by atomic mass is 10.2. The van der Waals surface area contributed by atoms with Crippen LogP contribution in [-0.2, 0) is 20.0 Å². The smallest absolute Gasteiger partial charge is 0.147 e. The summed E-state index contributed by atoms with van der Waals surface area (Å²) >= 11 is 0. The molecule has 0 aliphatic rings. The van der Waals surface area contributed by atoms with E-state index in [1.54, 1.807) is 6.20 Å². The highest BCUT2D eigenvalue weighted by atomic mass is 15.3. The van der Waals surface area contributed by atoms with Crippen LogP contribution >= 0.6 is 0 Å². The molecule has 2 aromatic rings. The highest BCUT2D eigenvalue weighted by molar-refractivity contribution is 5.64. The second-order valence-electron chi connectivity index (χ2n) is 4.63. The molecule has 0 aromatic carbocycles. The van der Waals surface area contributed by atoms with E-state index in [0.29, 0.717) is 0 Å². The number of nitrogens with one attached hydrogen (secondary N) is 1. The van der Waals surface area contributed by atoms with E-state index in [2.05, 4.69) is 22.4 Å². The Balaban J connectivity index is 1.85. The van der Waals surface area contributed by atoms with Gasteiger partial charge in [0.2, 0.25) is 0 Å². The number of hydrogen-bond acceptors (Lipinski definition) is 4. The second kappa shape index (κ2) is 6.26. The van der Waals surface area contributed by atoms with Crippen molar-refractivity contribution in [3.05, 3.63) is 24.2 Å². The SMILES string of the molecule is CCCc1nn(C)c(NCCCn2cccn2)c1N. The van der Waals surface area contributed by atoms with Crippen molar-refractivity contribution in [2.45, 2.75) is 32.7 Å². The summed E-state index contributed by atoms with van der Waals surface area (Å²) in [6.07, 6.45) is 6.74. The van der Waals surface area contributed by atoms with Crippen molar-refractivity contribution in [1.82, 2.24) is 19.6 Å². The number of rotatable bonds is 7. The topological polar surface area (TPSA) is 73.7 Å². The van der Waals surface area contributed by atoms with Gasteiger partial charge in [-0.15, -0.1) is 0 Å². The first kappa shape index (κ1) is 13.5. The predicted molar refractivity (Wildman–Crippen MR) is 76.9 cm³/mol. The fourth-order valence-corrected chi connectivity index (χ4v) is 2.11. The third kappa shape index (κ3) is 3.27. The van der Waals surface area contributed by atoms with Crippen LogP contribution in [0.15, 0.2) is 18.5 Å². The zero-order valence-corrected chi connectivity index (χ0v) is 11.6. The lowest BCUT2D eigenvalue weighted by Crippen LogP contribution is -2.10. The second-order valence-corrected chi connectivity index (χ2v) is 4.63. The van der Waals surface area contributed by atoms with E-state index in [4.69, 9.17) is 5.73 Å². The maximum Gasteiger partial charge on any atom is 0.147 e. The lowest BCUT2D eigenvalue weighted by Gasteiger charge is -2.07. The summed E-state index contributed by atoms with van der Waals surface area (Å²) in [4.78, 5) is 0. The molecule has 0 radical (unpaired) electrons. The summed E-state index contributed by atoms with van der Waals surface area (Å²) in [7, 11) is 1.92. The number of nitrogens with two attached hydrogens (primary N) is 1. The number of nitrogens with zero attached hydrogens (tertiary/aromatic N) is 4. The van der Waals surface area contributed by atoms with Crippen molar-refractivity contribution < 1.29 is 0 Å². The van der Waals surface area contributed by atoms with Crippen LogP contribution in [0, 0.1) is 0 Å². The van der Waals surface area contributed by atoms with Gasteiger partial charge in [0, 0.05) is 32.5 Å². The minimum Gasteiger partial charge on any atom is -0.394 e. The molecule has 0 bridgehead atoms. The molecule has 6 nitrogen and oxygen atoms in total. The van der Waals surface area contributed by atoms with Gasteiger partial charge in [-0.2, -0.15) is 10.2 Å². The van der Waals surface area contributed by atoms with Crippen molar-refractivity contribution in [2.75, 3.05) is 17.6 Å². The summed E-state index contributed by atoms with van der Waals surface area (Å²) < 4.78 is 3.75. The Morgan fingerprint density at radius 1 is 1.42 bits per heavy atom. The summed E-state index contributed by atoms with van der Waals surface area (Å²) in [6.45, 7) is 3.89. The van der Waals surface area contributed by atoms with Gasteiger partial charge in [-0.05, 0) is 18.9 Å². The quantitative estimate of drug-likeness (QED) is 0.744. The first-order valence-electron chi connectivity index (χ1n) is 6.75. The molecule has 0 amide bonds.